The van der Waals surface area contributed by atoms with Gasteiger partial charge in [-0.15, -0.1) is 0 Å². The van der Waals surface area contributed by atoms with Gasteiger partial charge < -0.3 is 19.5 Å². The Morgan fingerprint density at radius 3 is 2.50 bits per heavy atom. The van der Waals surface area contributed by atoms with E-state index in [1.807, 2.05) is 26.0 Å². The Kier molecular flexibility index (Phi) is 9.92. The second-order valence-corrected chi connectivity index (χ2v) is 10.7. The fourth-order valence-electron chi connectivity index (χ4n) is 4.84. The summed E-state index contributed by atoms with van der Waals surface area (Å²) in [5.74, 6) is 0.595. The predicted octanol–water partition coefficient (Wildman–Crippen LogP) is 6.83. The summed E-state index contributed by atoms with van der Waals surface area (Å²) in [6.45, 7) is 11.6. The van der Waals surface area contributed by atoms with Gasteiger partial charge in [0.05, 0.1) is 25.2 Å². The lowest BCUT2D eigenvalue weighted by atomic mass is 9.83. The quantitative estimate of drug-likeness (QED) is 0.279. The number of thiocarbonyl (C=S) groups is 1. The first-order chi connectivity index (χ1) is 17.2. The van der Waals surface area contributed by atoms with Crippen LogP contribution in [0.2, 0.25) is 0 Å². The van der Waals surface area contributed by atoms with Crippen LogP contribution in [0.1, 0.15) is 80.7 Å². The van der Waals surface area contributed by atoms with Gasteiger partial charge in [-0.25, -0.2) is 0 Å². The summed E-state index contributed by atoms with van der Waals surface area (Å²) in [5, 5.41) is 3.49. The molecule has 2 aromatic carbocycles. The Labute approximate surface area is 221 Å². The fraction of sp³-hybridized carbons (Fsp3) is 0.533. The first kappa shape index (κ1) is 28.1. The third kappa shape index (κ3) is 6.86. The number of hydrogen-bond acceptors (Lipinski definition) is 5. The van der Waals surface area contributed by atoms with Gasteiger partial charge in [0.25, 0.3) is 0 Å². The molecular formula is C30H41NO4S. The number of carbonyl (C=O) groups is 1. The largest absolute Gasteiger partial charge is 0.493 e. The zero-order valence-corrected chi connectivity index (χ0v) is 23.5. The number of benzene rings is 2. The van der Waals surface area contributed by atoms with Gasteiger partial charge in [0, 0.05) is 24.3 Å². The summed E-state index contributed by atoms with van der Waals surface area (Å²) in [7, 11) is 1.42. The van der Waals surface area contributed by atoms with Crippen LogP contribution in [0, 0.1) is 13.8 Å². The Morgan fingerprint density at radius 1 is 1.17 bits per heavy atom. The molecule has 3 rings (SSSR count). The molecule has 196 valence electrons. The number of esters is 1. The Balaban J connectivity index is 1.77. The van der Waals surface area contributed by atoms with Gasteiger partial charge in [-0.3, -0.25) is 4.79 Å². The summed E-state index contributed by atoms with van der Waals surface area (Å²) in [6, 6.07) is 10.2. The summed E-state index contributed by atoms with van der Waals surface area (Å²) >= 11 is 5.89. The zero-order valence-electron chi connectivity index (χ0n) is 22.7. The molecule has 0 spiro atoms. The maximum atomic E-state index is 12.4. The molecule has 36 heavy (non-hydrogen) atoms. The molecule has 0 amide bonds. The van der Waals surface area contributed by atoms with Crippen LogP contribution in [0.5, 0.6) is 5.75 Å². The van der Waals surface area contributed by atoms with Crippen molar-refractivity contribution in [2.75, 3.05) is 25.6 Å². The summed E-state index contributed by atoms with van der Waals surface area (Å²) in [4.78, 5) is 13.1. The third-order valence-electron chi connectivity index (χ3n) is 7.01. The van der Waals surface area contributed by atoms with Crippen LogP contribution in [-0.4, -0.2) is 37.4 Å². The van der Waals surface area contributed by atoms with E-state index in [4.69, 9.17) is 26.4 Å². The lowest BCUT2D eigenvalue weighted by Gasteiger charge is -2.24. The molecule has 1 aliphatic heterocycles. The van der Waals surface area contributed by atoms with Gasteiger partial charge in [-0.1, -0.05) is 37.7 Å². The second-order valence-electron chi connectivity index (χ2n) is 10.3. The maximum Gasteiger partial charge on any atom is 0.315 e. The van der Waals surface area contributed by atoms with Crippen molar-refractivity contribution in [2.24, 2.45) is 0 Å². The average molecular weight is 512 g/mol. The van der Waals surface area contributed by atoms with Crippen LogP contribution in [-0.2, 0) is 26.1 Å². The van der Waals surface area contributed by atoms with Crippen LogP contribution in [0.4, 0.5) is 5.69 Å². The molecule has 0 bridgehead atoms. The molecule has 1 atom stereocenters. The highest BCUT2D eigenvalue weighted by molar-refractivity contribution is 7.81. The van der Waals surface area contributed by atoms with Gasteiger partial charge >= 0.3 is 5.97 Å². The standard InChI is InChI=1S/C30H41NO4S/c1-7-10-22-12-13-23(30(4,5)29(32)33-6)19-26(22)31-28(36)27-20(2)17-25(18-21(27)3)35-16-14-24-11-8-9-15-34-24/h12-13,17-19,24H,7-11,14-16H2,1-6H3,(H,31,36). The fourth-order valence-corrected chi connectivity index (χ4v) is 5.27. The number of rotatable bonds is 10. The lowest BCUT2D eigenvalue weighted by Crippen LogP contribution is -2.30. The highest BCUT2D eigenvalue weighted by atomic mass is 32.1. The molecule has 1 heterocycles. The minimum Gasteiger partial charge on any atom is -0.493 e. The van der Waals surface area contributed by atoms with Gasteiger partial charge in [-0.2, -0.15) is 0 Å². The van der Waals surface area contributed by atoms with Gasteiger partial charge in [-0.05, 0) is 93.8 Å². The molecule has 0 radical (unpaired) electrons. The topological polar surface area (TPSA) is 56.8 Å². The van der Waals surface area contributed by atoms with E-state index in [0.29, 0.717) is 17.7 Å². The van der Waals surface area contributed by atoms with Crippen LogP contribution in [0.25, 0.3) is 0 Å². The van der Waals surface area contributed by atoms with Crippen LogP contribution in [0.3, 0.4) is 0 Å². The van der Waals surface area contributed by atoms with Crippen molar-refractivity contribution in [3.63, 3.8) is 0 Å². The number of methoxy groups -OCH3 is 1. The van der Waals surface area contributed by atoms with Crippen LogP contribution in [0.15, 0.2) is 30.3 Å². The van der Waals surface area contributed by atoms with Crippen molar-refractivity contribution in [3.8, 4) is 5.75 Å². The van der Waals surface area contributed by atoms with Gasteiger partial charge in [0.15, 0.2) is 0 Å². The Bertz CT molecular complexity index is 1050. The molecule has 2 aromatic rings. The molecule has 0 saturated carbocycles. The zero-order chi connectivity index (χ0) is 26.3. The molecule has 1 N–H and O–H groups in total. The van der Waals surface area contributed by atoms with Gasteiger partial charge in [0.1, 0.15) is 10.7 Å². The summed E-state index contributed by atoms with van der Waals surface area (Å²) in [5.41, 5.74) is 5.38. The summed E-state index contributed by atoms with van der Waals surface area (Å²) < 4.78 is 16.9. The van der Waals surface area contributed by atoms with Crippen LogP contribution < -0.4 is 10.1 Å². The van der Waals surface area contributed by atoms with E-state index in [9.17, 15) is 4.79 Å². The lowest BCUT2D eigenvalue weighted by molar-refractivity contribution is -0.146. The minimum absolute atomic E-state index is 0.267. The van der Waals surface area contributed by atoms with Gasteiger partial charge in [0.2, 0.25) is 0 Å². The van der Waals surface area contributed by atoms with Crippen molar-refractivity contribution in [3.05, 3.63) is 58.1 Å². The molecule has 1 aliphatic rings. The van der Waals surface area contributed by atoms with E-state index in [0.717, 1.165) is 66.0 Å². The van der Waals surface area contributed by atoms with Crippen molar-refractivity contribution >= 4 is 28.9 Å². The number of hydrogen-bond donors (Lipinski definition) is 1. The summed E-state index contributed by atoms with van der Waals surface area (Å²) in [6.07, 6.45) is 6.69. The molecule has 1 unspecified atom stereocenters. The van der Waals surface area contributed by atoms with E-state index in [1.54, 1.807) is 0 Å². The van der Waals surface area contributed by atoms with Crippen molar-refractivity contribution in [2.45, 2.75) is 84.7 Å². The van der Waals surface area contributed by atoms with E-state index < -0.39 is 5.41 Å². The molecule has 1 fully saturated rings. The normalized spacial score (nSPS) is 15.9. The Morgan fingerprint density at radius 2 is 1.89 bits per heavy atom. The number of carbonyl (C=O) groups excluding carboxylic acids is 1. The van der Waals surface area contributed by atoms with Crippen LogP contribution >= 0.6 is 12.2 Å². The van der Waals surface area contributed by atoms with E-state index in [1.165, 1.54) is 25.5 Å². The van der Waals surface area contributed by atoms with Crippen molar-refractivity contribution < 1.29 is 19.0 Å². The maximum absolute atomic E-state index is 12.4. The third-order valence-corrected chi connectivity index (χ3v) is 7.32. The second kappa shape index (κ2) is 12.7. The SMILES string of the molecule is CCCc1ccc(C(C)(C)C(=O)OC)cc1NC(=S)c1c(C)cc(OCCC2CCCCO2)cc1C. The number of nitrogens with one attached hydrogen (secondary N) is 1. The smallest absolute Gasteiger partial charge is 0.315 e. The molecule has 0 aliphatic carbocycles. The first-order valence-electron chi connectivity index (χ1n) is 13.1. The molecular weight excluding hydrogens is 470 g/mol. The highest BCUT2D eigenvalue weighted by Gasteiger charge is 2.31. The molecule has 5 nitrogen and oxygen atoms in total. The monoisotopic (exact) mass is 511 g/mol. The molecule has 0 aromatic heterocycles. The van der Waals surface area contributed by atoms with Crippen molar-refractivity contribution in [1.82, 2.24) is 0 Å². The first-order valence-corrected chi connectivity index (χ1v) is 13.5. The number of anilines is 1. The number of ether oxygens (including phenoxy) is 3. The number of aryl methyl sites for hydroxylation is 3. The van der Waals surface area contributed by atoms with Crippen molar-refractivity contribution in [1.29, 1.82) is 0 Å². The van der Waals surface area contributed by atoms with E-state index >= 15 is 0 Å². The Hall–Kier alpha value is -2.44. The minimum atomic E-state index is -0.759. The van der Waals surface area contributed by atoms with E-state index in [2.05, 4.69) is 44.3 Å². The molecule has 1 saturated heterocycles. The molecule has 6 heteroatoms. The predicted molar refractivity (Wildman–Crippen MR) is 150 cm³/mol. The highest BCUT2D eigenvalue weighted by Crippen LogP contribution is 2.31. The average Bonchev–Trinajstić information content (AvgIpc) is 2.84. The van der Waals surface area contributed by atoms with E-state index in [-0.39, 0.29) is 5.97 Å².